The van der Waals surface area contributed by atoms with Crippen LogP contribution in [0.5, 0.6) is 5.88 Å². The maximum Gasteiger partial charge on any atom is 0.256 e. The van der Waals surface area contributed by atoms with E-state index in [0.717, 1.165) is 0 Å². The molecule has 116 valence electrons. The molecule has 0 unspecified atom stereocenters. The fraction of sp³-hybridized carbons (Fsp3) is 0.118. The van der Waals surface area contributed by atoms with Gasteiger partial charge in [-0.2, -0.15) is 0 Å². The van der Waals surface area contributed by atoms with Crippen LogP contribution in [0.25, 0.3) is 10.9 Å². The molecular formula is C17H15N3O3. The first-order valence-electron chi connectivity index (χ1n) is 7.20. The highest BCUT2D eigenvalue weighted by molar-refractivity contribution is 6.12. The van der Waals surface area contributed by atoms with Crippen molar-refractivity contribution in [1.29, 1.82) is 0 Å². The van der Waals surface area contributed by atoms with Crippen molar-refractivity contribution in [2.24, 2.45) is 0 Å². The van der Waals surface area contributed by atoms with Crippen LogP contribution in [0.15, 0.2) is 53.5 Å². The van der Waals surface area contributed by atoms with E-state index in [9.17, 15) is 9.59 Å². The molecule has 2 heterocycles. The average molecular weight is 309 g/mol. The number of fused-ring (bicyclic) bond motifs is 1. The number of benzene rings is 1. The van der Waals surface area contributed by atoms with Gasteiger partial charge >= 0.3 is 0 Å². The minimum Gasteiger partial charge on any atom is -0.476 e. The number of carbonyl (C=O) groups excluding carboxylic acids is 1. The standard InChI is InChI=1S/C17H15N3O3/c1-2-23-17-14(7-4-10-18-17)20-16(22)12-5-3-6-13-11(12)8-9-15(21)19-13/h3-10H,2H2,1H3,(H,19,21)(H,20,22). The molecule has 0 aliphatic heterocycles. The van der Waals surface area contributed by atoms with Crippen LogP contribution in [0.2, 0.25) is 0 Å². The van der Waals surface area contributed by atoms with Crippen molar-refractivity contribution in [3.8, 4) is 5.88 Å². The second kappa shape index (κ2) is 6.31. The van der Waals surface area contributed by atoms with Crippen molar-refractivity contribution in [2.45, 2.75) is 6.92 Å². The van der Waals surface area contributed by atoms with Gasteiger partial charge in [0, 0.05) is 28.7 Å². The molecule has 0 fully saturated rings. The number of aromatic nitrogens is 2. The third-order valence-corrected chi connectivity index (χ3v) is 3.31. The fourth-order valence-corrected chi connectivity index (χ4v) is 2.31. The average Bonchev–Trinajstić information content (AvgIpc) is 2.56. The number of hydrogen-bond acceptors (Lipinski definition) is 4. The Balaban J connectivity index is 1.97. The minimum atomic E-state index is -0.295. The summed E-state index contributed by atoms with van der Waals surface area (Å²) >= 11 is 0. The van der Waals surface area contributed by atoms with Gasteiger partial charge in [0.25, 0.3) is 5.91 Å². The van der Waals surface area contributed by atoms with Gasteiger partial charge in [-0.3, -0.25) is 9.59 Å². The summed E-state index contributed by atoms with van der Waals surface area (Å²) in [5.74, 6) is 0.0774. The molecule has 0 radical (unpaired) electrons. The molecule has 2 aromatic heterocycles. The van der Waals surface area contributed by atoms with E-state index in [-0.39, 0.29) is 11.5 Å². The van der Waals surface area contributed by atoms with Gasteiger partial charge in [-0.15, -0.1) is 0 Å². The SMILES string of the molecule is CCOc1ncccc1NC(=O)c1cccc2[nH]c(=O)ccc12. The van der Waals surface area contributed by atoms with Gasteiger partial charge in [0.2, 0.25) is 11.4 Å². The Morgan fingerprint density at radius 2 is 2.09 bits per heavy atom. The normalized spacial score (nSPS) is 10.5. The summed E-state index contributed by atoms with van der Waals surface area (Å²) in [5, 5.41) is 3.47. The molecule has 6 heteroatoms. The summed E-state index contributed by atoms with van der Waals surface area (Å²) in [6.45, 7) is 2.30. The van der Waals surface area contributed by atoms with Gasteiger partial charge in [-0.1, -0.05) is 6.07 Å². The van der Waals surface area contributed by atoms with E-state index >= 15 is 0 Å². The lowest BCUT2D eigenvalue weighted by atomic mass is 10.1. The van der Waals surface area contributed by atoms with Crippen LogP contribution in [0, 0.1) is 0 Å². The van der Waals surface area contributed by atoms with Gasteiger partial charge < -0.3 is 15.0 Å². The maximum absolute atomic E-state index is 12.6. The molecule has 1 amide bonds. The van der Waals surface area contributed by atoms with Gasteiger partial charge in [0.1, 0.15) is 5.69 Å². The quantitative estimate of drug-likeness (QED) is 0.776. The lowest BCUT2D eigenvalue weighted by Gasteiger charge is -2.11. The number of carbonyl (C=O) groups is 1. The molecule has 23 heavy (non-hydrogen) atoms. The molecule has 0 aliphatic carbocycles. The van der Waals surface area contributed by atoms with E-state index in [0.29, 0.717) is 34.6 Å². The Kier molecular flexibility index (Phi) is 4.05. The molecule has 3 aromatic rings. The van der Waals surface area contributed by atoms with Crippen LogP contribution in [-0.4, -0.2) is 22.5 Å². The molecule has 6 nitrogen and oxygen atoms in total. The Bertz CT molecular complexity index is 918. The van der Waals surface area contributed by atoms with Crippen LogP contribution in [-0.2, 0) is 0 Å². The number of nitrogens with zero attached hydrogens (tertiary/aromatic N) is 1. The van der Waals surface area contributed by atoms with E-state index in [1.807, 2.05) is 6.92 Å². The Morgan fingerprint density at radius 3 is 2.91 bits per heavy atom. The first-order valence-corrected chi connectivity index (χ1v) is 7.20. The number of ether oxygens (including phenoxy) is 1. The number of H-pyrrole nitrogens is 1. The summed E-state index contributed by atoms with van der Waals surface area (Å²) in [5.41, 5.74) is 1.37. The summed E-state index contributed by atoms with van der Waals surface area (Å²) in [6.07, 6.45) is 1.60. The van der Waals surface area contributed by atoms with Crippen LogP contribution in [0.3, 0.4) is 0 Å². The molecule has 0 spiro atoms. The van der Waals surface area contributed by atoms with Crippen molar-refractivity contribution in [1.82, 2.24) is 9.97 Å². The molecule has 3 rings (SSSR count). The number of rotatable bonds is 4. The second-order valence-corrected chi connectivity index (χ2v) is 4.83. The first kappa shape index (κ1) is 14.8. The maximum atomic E-state index is 12.6. The molecule has 2 N–H and O–H groups in total. The highest BCUT2D eigenvalue weighted by atomic mass is 16.5. The first-order chi connectivity index (χ1) is 11.2. The Morgan fingerprint density at radius 1 is 1.22 bits per heavy atom. The molecule has 0 bridgehead atoms. The highest BCUT2D eigenvalue weighted by Gasteiger charge is 2.13. The zero-order valence-corrected chi connectivity index (χ0v) is 12.5. The summed E-state index contributed by atoms with van der Waals surface area (Å²) < 4.78 is 5.40. The summed E-state index contributed by atoms with van der Waals surface area (Å²) in [7, 11) is 0. The number of nitrogens with one attached hydrogen (secondary N) is 2. The van der Waals surface area contributed by atoms with Crippen LogP contribution in [0.4, 0.5) is 5.69 Å². The lowest BCUT2D eigenvalue weighted by molar-refractivity contribution is 0.102. The topological polar surface area (TPSA) is 84.1 Å². The largest absolute Gasteiger partial charge is 0.476 e. The predicted molar refractivity (Wildman–Crippen MR) is 87.9 cm³/mol. The third kappa shape index (κ3) is 3.06. The van der Waals surface area contributed by atoms with Gasteiger partial charge in [-0.25, -0.2) is 4.98 Å². The monoisotopic (exact) mass is 309 g/mol. The minimum absolute atomic E-state index is 0.207. The highest BCUT2D eigenvalue weighted by Crippen LogP contribution is 2.23. The molecule has 1 aromatic carbocycles. The second-order valence-electron chi connectivity index (χ2n) is 4.83. The number of pyridine rings is 2. The summed E-state index contributed by atoms with van der Waals surface area (Å²) in [4.78, 5) is 30.8. The molecule has 0 aliphatic rings. The van der Waals surface area contributed by atoms with E-state index in [4.69, 9.17) is 4.74 Å². The van der Waals surface area contributed by atoms with Gasteiger partial charge in [0.15, 0.2) is 0 Å². The van der Waals surface area contributed by atoms with E-state index in [1.165, 1.54) is 6.07 Å². The van der Waals surface area contributed by atoms with Crippen LogP contribution >= 0.6 is 0 Å². The molecule has 0 atom stereocenters. The Labute approximate surface area is 132 Å². The zero-order chi connectivity index (χ0) is 16.2. The Hall–Kier alpha value is -3.15. The number of aromatic amines is 1. The van der Waals surface area contributed by atoms with Crippen molar-refractivity contribution in [3.05, 3.63) is 64.6 Å². The van der Waals surface area contributed by atoms with Crippen molar-refractivity contribution in [3.63, 3.8) is 0 Å². The lowest BCUT2D eigenvalue weighted by Crippen LogP contribution is -2.14. The van der Waals surface area contributed by atoms with Crippen molar-refractivity contribution >= 4 is 22.5 Å². The number of amides is 1. The van der Waals surface area contributed by atoms with E-state index < -0.39 is 0 Å². The number of hydrogen-bond donors (Lipinski definition) is 2. The predicted octanol–water partition coefficient (Wildman–Crippen LogP) is 2.57. The summed E-state index contributed by atoms with van der Waals surface area (Å²) in [6, 6.07) is 11.7. The van der Waals surface area contributed by atoms with Gasteiger partial charge in [-0.05, 0) is 37.3 Å². The van der Waals surface area contributed by atoms with Crippen molar-refractivity contribution < 1.29 is 9.53 Å². The smallest absolute Gasteiger partial charge is 0.256 e. The van der Waals surface area contributed by atoms with E-state index in [1.54, 1.807) is 42.6 Å². The van der Waals surface area contributed by atoms with Crippen LogP contribution < -0.4 is 15.6 Å². The molecule has 0 saturated carbocycles. The third-order valence-electron chi connectivity index (χ3n) is 3.31. The number of anilines is 1. The van der Waals surface area contributed by atoms with Crippen LogP contribution in [0.1, 0.15) is 17.3 Å². The fourth-order valence-electron chi connectivity index (χ4n) is 2.31. The van der Waals surface area contributed by atoms with Crippen molar-refractivity contribution in [2.75, 3.05) is 11.9 Å². The zero-order valence-electron chi connectivity index (χ0n) is 12.5. The molecular weight excluding hydrogens is 294 g/mol. The van der Waals surface area contributed by atoms with Gasteiger partial charge in [0.05, 0.1) is 6.61 Å². The van der Waals surface area contributed by atoms with E-state index in [2.05, 4.69) is 15.3 Å². The molecule has 0 saturated heterocycles.